The highest BCUT2D eigenvalue weighted by molar-refractivity contribution is 5.91. The van der Waals surface area contributed by atoms with Crippen molar-refractivity contribution in [3.63, 3.8) is 0 Å². The number of fused-ring (bicyclic) bond motifs is 5. The molecule has 0 aliphatic heterocycles. The highest BCUT2D eigenvalue weighted by atomic mass is 15.0. The maximum Gasteiger partial charge on any atom is 0.137 e. The van der Waals surface area contributed by atoms with Crippen molar-refractivity contribution >= 4 is 22.2 Å². The summed E-state index contributed by atoms with van der Waals surface area (Å²) in [7, 11) is 0. The van der Waals surface area contributed by atoms with Gasteiger partial charge in [-0.1, -0.05) is 91.0 Å². The van der Waals surface area contributed by atoms with Crippen molar-refractivity contribution < 1.29 is 0 Å². The molecular weight excluding hydrogens is 599 g/mol. The number of hydrogen-bond acceptors (Lipinski definition) is 2. The van der Waals surface area contributed by atoms with Gasteiger partial charge in [0.1, 0.15) is 11.3 Å². The summed E-state index contributed by atoms with van der Waals surface area (Å²) < 4.78 is 6.95. The minimum absolute atomic E-state index is 0.921. The standard InChI is InChI=1S/C44H33N5/c1-3-15-30(16-4-1)43-41(45-39-23-11-13-25-47(39)43)32-27-33(42-44(31-17-5-2-6-18-31)48-26-14-12-24-40(48)46-42)29-34(28-32)49-37-21-9-7-19-35(37)36-20-8-10-22-38(36)49/h1-7,9,11-19,21,23-29H,8,10,20,22H2. The third-order valence-corrected chi connectivity index (χ3v) is 10.1. The Morgan fingerprint density at radius 1 is 0.469 bits per heavy atom. The summed E-state index contributed by atoms with van der Waals surface area (Å²) in [6.45, 7) is 0. The third-order valence-electron chi connectivity index (χ3n) is 10.1. The molecule has 0 amide bonds. The second-order valence-corrected chi connectivity index (χ2v) is 13.0. The zero-order chi connectivity index (χ0) is 32.3. The molecule has 0 atom stereocenters. The van der Waals surface area contributed by atoms with Gasteiger partial charge in [0.25, 0.3) is 0 Å². The van der Waals surface area contributed by atoms with Crippen molar-refractivity contribution in [1.29, 1.82) is 0 Å². The summed E-state index contributed by atoms with van der Waals surface area (Å²) in [5.74, 6) is 0. The molecule has 0 N–H and O–H groups in total. The normalized spacial score (nSPS) is 13.0. The van der Waals surface area contributed by atoms with E-state index in [1.54, 1.807) is 0 Å². The fraction of sp³-hybridized carbons (Fsp3) is 0.0909. The minimum Gasteiger partial charge on any atom is -0.313 e. The van der Waals surface area contributed by atoms with Crippen molar-refractivity contribution in [3.05, 3.63) is 163 Å². The van der Waals surface area contributed by atoms with Crippen molar-refractivity contribution in [2.24, 2.45) is 0 Å². The summed E-state index contributed by atoms with van der Waals surface area (Å²) in [5, 5.41) is 1.36. The van der Waals surface area contributed by atoms with Crippen molar-refractivity contribution in [3.8, 4) is 50.7 Å². The van der Waals surface area contributed by atoms with Gasteiger partial charge in [-0.3, -0.25) is 8.80 Å². The smallest absolute Gasteiger partial charge is 0.137 e. The maximum absolute atomic E-state index is 5.32. The molecule has 0 spiro atoms. The molecule has 49 heavy (non-hydrogen) atoms. The predicted octanol–water partition coefficient (Wildman–Crippen LogP) is 10.5. The lowest BCUT2D eigenvalue weighted by molar-refractivity contribution is 0.667. The maximum atomic E-state index is 5.32. The summed E-state index contributed by atoms with van der Waals surface area (Å²) in [5.41, 5.74) is 15.6. The Bertz CT molecular complexity index is 2520. The van der Waals surface area contributed by atoms with E-state index in [0.29, 0.717) is 0 Å². The van der Waals surface area contributed by atoms with Crippen LogP contribution in [0.3, 0.4) is 0 Å². The van der Waals surface area contributed by atoms with E-state index in [2.05, 4.69) is 165 Å². The number of benzene rings is 4. The molecule has 5 nitrogen and oxygen atoms in total. The molecule has 4 aromatic carbocycles. The first kappa shape index (κ1) is 27.9. The molecule has 234 valence electrons. The molecule has 0 unspecified atom stereocenters. The molecule has 0 bridgehead atoms. The fourth-order valence-corrected chi connectivity index (χ4v) is 7.94. The average Bonchev–Trinajstić information content (AvgIpc) is 3.86. The Morgan fingerprint density at radius 2 is 1.00 bits per heavy atom. The van der Waals surface area contributed by atoms with Crippen LogP contribution in [0.25, 0.3) is 72.9 Å². The Kier molecular flexibility index (Phi) is 6.37. The minimum atomic E-state index is 0.921. The fourth-order valence-electron chi connectivity index (χ4n) is 7.94. The van der Waals surface area contributed by atoms with Crippen molar-refractivity contribution in [2.45, 2.75) is 25.7 Å². The second-order valence-electron chi connectivity index (χ2n) is 13.0. The lowest BCUT2D eigenvalue weighted by Crippen LogP contribution is -2.07. The zero-order valence-electron chi connectivity index (χ0n) is 27.0. The van der Waals surface area contributed by atoms with Crippen molar-refractivity contribution in [2.75, 3.05) is 0 Å². The number of nitrogens with zero attached hydrogens (tertiary/aromatic N) is 5. The van der Waals surface area contributed by atoms with E-state index in [1.807, 2.05) is 0 Å². The third kappa shape index (κ3) is 4.46. The number of imidazole rings is 2. The van der Waals surface area contributed by atoms with Gasteiger partial charge < -0.3 is 4.57 Å². The van der Waals surface area contributed by atoms with E-state index in [4.69, 9.17) is 9.97 Å². The second kappa shape index (κ2) is 11.2. The number of pyridine rings is 2. The first-order valence-electron chi connectivity index (χ1n) is 17.1. The number of aromatic nitrogens is 5. The van der Waals surface area contributed by atoms with Gasteiger partial charge in [-0.05, 0) is 79.8 Å². The predicted molar refractivity (Wildman–Crippen MR) is 199 cm³/mol. The molecule has 9 aromatic rings. The lowest BCUT2D eigenvalue weighted by atomic mass is 9.95. The summed E-state index contributed by atoms with van der Waals surface area (Å²) in [6.07, 6.45) is 8.84. The van der Waals surface area contributed by atoms with Gasteiger partial charge in [0.2, 0.25) is 0 Å². The van der Waals surface area contributed by atoms with Gasteiger partial charge in [-0.15, -0.1) is 0 Å². The van der Waals surface area contributed by atoms with Gasteiger partial charge in [0, 0.05) is 51.4 Å². The van der Waals surface area contributed by atoms with E-state index in [1.165, 1.54) is 35.0 Å². The van der Waals surface area contributed by atoms with Crippen LogP contribution in [0.5, 0.6) is 0 Å². The molecule has 1 aliphatic rings. The van der Waals surface area contributed by atoms with Crippen LogP contribution < -0.4 is 0 Å². The first-order valence-corrected chi connectivity index (χ1v) is 17.1. The number of hydrogen-bond donors (Lipinski definition) is 0. The summed E-state index contributed by atoms with van der Waals surface area (Å²) in [6, 6.07) is 49.6. The number of para-hydroxylation sites is 1. The van der Waals surface area contributed by atoms with E-state index < -0.39 is 0 Å². The van der Waals surface area contributed by atoms with E-state index in [-0.39, 0.29) is 0 Å². The molecule has 5 heteroatoms. The van der Waals surface area contributed by atoms with Crippen LogP contribution >= 0.6 is 0 Å². The SMILES string of the molecule is c1ccc(-c2c(-c3cc(-c4nc5ccccn5c4-c4ccccc4)cc(-n4c5c(c6ccccc64)CCCC5)c3)nc3ccccn23)cc1. The molecule has 10 rings (SSSR count). The Labute approximate surface area is 284 Å². The van der Waals surface area contributed by atoms with E-state index in [9.17, 15) is 0 Å². The van der Waals surface area contributed by atoms with Gasteiger partial charge >= 0.3 is 0 Å². The van der Waals surface area contributed by atoms with Crippen molar-refractivity contribution in [1.82, 2.24) is 23.3 Å². The molecule has 5 aromatic heterocycles. The molecule has 5 heterocycles. The van der Waals surface area contributed by atoms with E-state index in [0.717, 1.165) is 74.9 Å². The molecule has 0 saturated carbocycles. The Hall–Kier alpha value is -6.20. The van der Waals surface area contributed by atoms with Gasteiger partial charge in [0.15, 0.2) is 0 Å². The van der Waals surface area contributed by atoms with Gasteiger partial charge in [-0.25, -0.2) is 9.97 Å². The van der Waals surface area contributed by atoms with Gasteiger partial charge in [-0.2, -0.15) is 0 Å². The molecule has 0 fully saturated rings. The largest absolute Gasteiger partial charge is 0.313 e. The number of rotatable bonds is 5. The van der Waals surface area contributed by atoms with Crippen LogP contribution in [-0.4, -0.2) is 23.3 Å². The Balaban J connectivity index is 1.31. The van der Waals surface area contributed by atoms with Gasteiger partial charge in [0.05, 0.1) is 28.3 Å². The van der Waals surface area contributed by atoms with Crippen LogP contribution in [0.4, 0.5) is 0 Å². The monoisotopic (exact) mass is 631 g/mol. The first-order chi connectivity index (χ1) is 24.3. The molecule has 0 radical (unpaired) electrons. The van der Waals surface area contributed by atoms with Crippen LogP contribution in [0.15, 0.2) is 152 Å². The lowest BCUT2D eigenvalue weighted by Gasteiger charge is -2.18. The topological polar surface area (TPSA) is 39.5 Å². The van der Waals surface area contributed by atoms with Crippen LogP contribution in [0.1, 0.15) is 24.1 Å². The van der Waals surface area contributed by atoms with Crippen LogP contribution in [0, 0.1) is 0 Å². The van der Waals surface area contributed by atoms with E-state index >= 15 is 0 Å². The number of aryl methyl sites for hydroxylation is 1. The summed E-state index contributed by atoms with van der Waals surface area (Å²) >= 11 is 0. The van der Waals surface area contributed by atoms with Crippen LogP contribution in [0.2, 0.25) is 0 Å². The quantitative estimate of drug-likeness (QED) is 0.190. The average molecular weight is 632 g/mol. The highest BCUT2D eigenvalue weighted by Crippen LogP contribution is 2.41. The highest BCUT2D eigenvalue weighted by Gasteiger charge is 2.24. The molecule has 1 aliphatic carbocycles. The molecular formula is C44H33N5. The molecule has 0 saturated heterocycles. The zero-order valence-corrected chi connectivity index (χ0v) is 27.0. The Morgan fingerprint density at radius 3 is 1.61 bits per heavy atom. The van der Waals surface area contributed by atoms with Crippen LogP contribution in [-0.2, 0) is 12.8 Å². The summed E-state index contributed by atoms with van der Waals surface area (Å²) in [4.78, 5) is 10.6.